The Labute approximate surface area is 224 Å². The van der Waals surface area contributed by atoms with Gasteiger partial charge in [0, 0.05) is 41.0 Å². The highest BCUT2D eigenvalue weighted by Crippen LogP contribution is 2.37. The van der Waals surface area contributed by atoms with Crippen molar-refractivity contribution < 1.29 is 14.3 Å². The summed E-state index contributed by atoms with van der Waals surface area (Å²) in [5.41, 5.74) is 4.85. The van der Waals surface area contributed by atoms with Gasteiger partial charge in [0.25, 0.3) is 0 Å². The molecule has 2 aromatic heterocycles. The van der Waals surface area contributed by atoms with Crippen molar-refractivity contribution in [2.75, 3.05) is 31.4 Å². The minimum atomic E-state index is 0.0444. The molecule has 1 N–H and O–H groups in total. The number of nitrogens with zero attached hydrogens (tertiary/aromatic N) is 4. The lowest BCUT2D eigenvalue weighted by Crippen LogP contribution is -2.36. The third-order valence-corrected chi connectivity index (χ3v) is 7.74. The van der Waals surface area contributed by atoms with Gasteiger partial charge in [0.1, 0.15) is 11.5 Å². The lowest BCUT2D eigenvalue weighted by atomic mass is 10.0. The van der Waals surface area contributed by atoms with Crippen LogP contribution in [0.3, 0.4) is 0 Å². The van der Waals surface area contributed by atoms with Crippen LogP contribution in [0.5, 0.6) is 11.5 Å². The molecule has 9 heteroatoms. The van der Waals surface area contributed by atoms with E-state index in [0.29, 0.717) is 29.0 Å². The molecule has 3 heterocycles. The quantitative estimate of drug-likeness (QED) is 0.282. The Hall–Kier alpha value is -4.24. The van der Waals surface area contributed by atoms with Gasteiger partial charge in [0.2, 0.25) is 5.91 Å². The lowest BCUT2D eigenvalue weighted by Gasteiger charge is -2.29. The lowest BCUT2D eigenvalue weighted by molar-refractivity contribution is -0.116. The van der Waals surface area contributed by atoms with E-state index in [1.165, 1.54) is 17.3 Å². The summed E-state index contributed by atoms with van der Waals surface area (Å²) in [6.45, 7) is 0.716. The van der Waals surface area contributed by atoms with Crippen LogP contribution < -0.4 is 14.4 Å². The molecule has 6 rings (SSSR count). The molecule has 0 saturated carbocycles. The first kappa shape index (κ1) is 24.1. The number of amides is 1. The van der Waals surface area contributed by atoms with Crippen molar-refractivity contribution >= 4 is 34.3 Å². The topological polar surface area (TPSA) is 85.3 Å². The van der Waals surface area contributed by atoms with Gasteiger partial charge in [-0.2, -0.15) is 0 Å². The van der Waals surface area contributed by atoms with E-state index in [0.717, 1.165) is 40.7 Å². The number of aromatic nitrogens is 4. The number of para-hydroxylation sites is 2. The molecule has 38 heavy (non-hydrogen) atoms. The maximum absolute atomic E-state index is 13.4. The molecular formula is C29H27N5O3S. The number of rotatable bonds is 7. The van der Waals surface area contributed by atoms with Gasteiger partial charge in [-0.25, -0.2) is 0 Å². The fourth-order valence-corrected chi connectivity index (χ4v) is 5.80. The molecule has 192 valence electrons. The van der Waals surface area contributed by atoms with Crippen LogP contribution in [-0.2, 0) is 11.2 Å². The first-order chi connectivity index (χ1) is 18.7. The third kappa shape index (κ3) is 4.28. The maximum atomic E-state index is 13.4. The second-order valence-electron chi connectivity index (χ2n) is 8.99. The number of carbonyl (C=O) groups excluding carboxylic acids is 1. The molecule has 8 nitrogen and oxygen atoms in total. The second-order valence-corrected chi connectivity index (χ2v) is 9.94. The maximum Gasteiger partial charge on any atom is 0.237 e. The minimum absolute atomic E-state index is 0.0444. The fourth-order valence-electron chi connectivity index (χ4n) is 4.98. The zero-order valence-electron chi connectivity index (χ0n) is 21.2. The Kier molecular flexibility index (Phi) is 6.51. The van der Waals surface area contributed by atoms with Crippen LogP contribution in [0.25, 0.3) is 28.0 Å². The van der Waals surface area contributed by atoms with Gasteiger partial charge < -0.3 is 19.4 Å². The van der Waals surface area contributed by atoms with Gasteiger partial charge in [-0.1, -0.05) is 48.2 Å². The number of hydrogen-bond donors (Lipinski definition) is 1. The summed E-state index contributed by atoms with van der Waals surface area (Å²) in [5, 5.41) is 10.8. The monoisotopic (exact) mass is 525 g/mol. The number of nitrogens with one attached hydrogen (secondary N) is 1. The van der Waals surface area contributed by atoms with E-state index >= 15 is 0 Å². The van der Waals surface area contributed by atoms with Gasteiger partial charge in [-0.3, -0.25) is 9.36 Å². The number of hydrogen-bond acceptors (Lipinski definition) is 6. The first-order valence-corrected chi connectivity index (χ1v) is 13.4. The molecule has 0 unspecified atom stereocenters. The molecule has 0 saturated heterocycles. The van der Waals surface area contributed by atoms with Crippen LogP contribution in [0.15, 0.2) is 78.1 Å². The van der Waals surface area contributed by atoms with E-state index in [2.05, 4.69) is 21.2 Å². The predicted octanol–water partition coefficient (Wildman–Crippen LogP) is 5.50. The average Bonchev–Trinajstić information content (AvgIpc) is 3.59. The molecule has 0 aliphatic carbocycles. The van der Waals surface area contributed by atoms with Gasteiger partial charge in [-0.15, -0.1) is 10.2 Å². The molecule has 0 fully saturated rings. The van der Waals surface area contributed by atoms with Crippen LogP contribution in [0.1, 0.15) is 12.0 Å². The highest BCUT2D eigenvalue weighted by atomic mass is 32.2. The van der Waals surface area contributed by atoms with E-state index in [4.69, 9.17) is 9.47 Å². The van der Waals surface area contributed by atoms with E-state index in [1.807, 2.05) is 76.3 Å². The molecule has 3 aromatic carbocycles. The molecule has 0 spiro atoms. The zero-order valence-corrected chi connectivity index (χ0v) is 22.0. The Morgan fingerprint density at radius 3 is 2.71 bits per heavy atom. The molecular weight excluding hydrogens is 498 g/mol. The van der Waals surface area contributed by atoms with Crippen LogP contribution in [-0.4, -0.2) is 52.2 Å². The van der Waals surface area contributed by atoms with E-state index in [1.54, 1.807) is 14.2 Å². The van der Waals surface area contributed by atoms with Crippen molar-refractivity contribution in [2.45, 2.75) is 18.0 Å². The van der Waals surface area contributed by atoms with Crippen molar-refractivity contribution in [1.82, 2.24) is 19.7 Å². The average molecular weight is 526 g/mol. The summed E-state index contributed by atoms with van der Waals surface area (Å²) >= 11 is 1.37. The number of aryl methyl sites for hydroxylation is 1. The number of thioether (sulfide) groups is 1. The summed E-state index contributed by atoms with van der Waals surface area (Å²) in [7, 11) is 3.26. The number of aromatic amines is 1. The fraction of sp³-hybridized carbons (Fsp3) is 0.207. The molecule has 0 bridgehead atoms. The first-order valence-electron chi connectivity index (χ1n) is 12.4. The zero-order chi connectivity index (χ0) is 26.1. The van der Waals surface area contributed by atoms with Crippen molar-refractivity contribution in [3.63, 3.8) is 0 Å². The van der Waals surface area contributed by atoms with Gasteiger partial charge in [-0.05, 0) is 42.7 Å². The molecule has 1 amide bonds. The largest absolute Gasteiger partial charge is 0.497 e. The normalized spacial score (nSPS) is 12.9. The Morgan fingerprint density at radius 2 is 1.84 bits per heavy atom. The van der Waals surface area contributed by atoms with Crippen LogP contribution >= 0.6 is 11.8 Å². The highest BCUT2D eigenvalue weighted by Gasteiger charge is 2.25. The number of methoxy groups -OCH3 is 2. The number of fused-ring (bicyclic) bond motifs is 2. The molecule has 5 aromatic rings. The molecule has 1 aliphatic heterocycles. The summed E-state index contributed by atoms with van der Waals surface area (Å²) in [6, 6.07) is 21.8. The number of anilines is 1. The summed E-state index contributed by atoms with van der Waals surface area (Å²) in [5.74, 6) is 2.24. The van der Waals surface area contributed by atoms with Gasteiger partial charge >= 0.3 is 0 Å². The van der Waals surface area contributed by atoms with Gasteiger partial charge in [0.05, 0.1) is 25.7 Å². The number of ether oxygens (including phenoxy) is 2. The number of H-pyrrole nitrogens is 1. The third-order valence-electron chi connectivity index (χ3n) is 6.83. The van der Waals surface area contributed by atoms with E-state index < -0.39 is 0 Å². The Morgan fingerprint density at radius 1 is 1.00 bits per heavy atom. The van der Waals surface area contributed by atoms with Crippen LogP contribution in [0.4, 0.5) is 5.69 Å². The SMILES string of the molecule is COc1ccc(OC)c(-n2c(SCC(=O)N3CCCc4ccccc43)nnc2-c2c[nH]c3ccccc23)c1. The Bertz CT molecular complexity index is 1630. The van der Waals surface area contributed by atoms with Crippen molar-refractivity contribution in [1.29, 1.82) is 0 Å². The van der Waals surface area contributed by atoms with Crippen molar-refractivity contribution in [3.05, 3.63) is 78.5 Å². The van der Waals surface area contributed by atoms with Crippen LogP contribution in [0, 0.1) is 0 Å². The summed E-state index contributed by atoms with van der Waals surface area (Å²) in [6.07, 6.45) is 3.88. The number of benzene rings is 3. The molecule has 1 aliphatic rings. The van der Waals surface area contributed by atoms with E-state index in [-0.39, 0.29) is 11.7 Å². The van der Waals surface area contributed by atoms with E-state index in [9.17, 15) is 4.79 Å². The van der Waals surface area contributed by atoms with Crippen molar-refractivity contribution in [3.8, 4) is 28.6 Å². The predicted molar refractivity (Wildman–Crippen MR) is 150 cm³/mol. The van der Waals surface area contributed by atoms with Crippen LogP contribution in [0.2, 0.25) is 0 Å². The number of carbonyl (C=O) groups is 1. The summed E-state index contributed by atoms with van der Waals surface area (Å²) < 4.78 is 13.2. The second kappa shape index (κ2) is 10.3. The standard InChI is InChI=1S/C29H27N5O3S/c1-36-20-13-14-26(37-2)25(16-20)34-28(22-17-30-23-11-5-4-10-21(22)23)31-32-29(34)38-18-27(35)33-15-7-9-19-8-3-6-12-24(19)33/h3-6,8,10-14,16-17,30H,7,9,15,18H2,1-2H3. The minimum Gasteiger partial charge on any atom is -0.497 e. The molecule has 0 atom stereocenters. The summed E-state index contributed by atoms with van der Waals surface area (Å²) in [4.78, 5) is 18.6. The smallest absolute Gasteiger partial charge is 0.237 e. The highest BCUT2D eigenvalue weighted by molar-refractivity contribution is 7.99. The van der Waals surface area contributed by atoms with Gasteiger partial charge in [0.15, 0.2) is 11.0 Å². The molecule has 0 radical (unpaired) electrons. The Balaban J connectivity index is 1.40. The van der Waals surface area contributed by atoms with Crippen molar-refractivity contribution in [2.24, 2.45) is 0 Å².